The summed E-state index contributed by atoms with van der Waals surface area (Å²) in [7, 11) is 0. The highest BCUT2D eigenvalue weighted by molar-refractivity contribution is 9.10. The van der Waals surface area contributed by atoms with Crippen LogP contribution in [0.2, 0.25) is 0 Å². The smallest absolute Gasteiger partial charge is 0.253 e. The van der Waals surface area contributed by atoms with E-state index in [1.807, 2.05) is 0 Å². The molecule has 1 aromatic carbocycles. The number of hydrogen-bond acceptors (Lipinski definition) is 4. The Kier molecular flexibility index (Phi) is 3.19. The number of rotatable bonds is 3. The molecule has 0 aliphatic carbocycles. The largest absolute Gasteiger partial charge is 0.484 e. The second kappa shape index (κ2) is 4.61. The molecular formula is C10H8BrFN2O2. The van der Waals surface area contributed by atoms with Crippen molar-refractivity contribution in [1.82, 2.24) is 10.2 Å². The normalized spacial score (nSPS) is 10.4. The van der Waals surface area contributed by atoms with E-state index < -0.39 is 0 Å². The SMILES string of the molecule is Cc1nnc(COc2ccc(F)c(Br)c2)o1. The van der Waals surface area contributed by atoms with Crippen molar-refractivity contribution in [2.45, 2.75) is 13.5 Å². The Bertz CT molecular complexity index is 501. The second-order valence-electron chi connectivity index (χ2n) is 3.08. The molecule has 0 unspecified atom stereocenters. The number of benzene rings is 1. The quantitative estimate of drug-likeness (QED) is 0.871. The minimum absolute atomic E-state index is 0.166. The van der Waals surface area contributed by atoms with Crippen molar-refractivity contribution in [3.63, 3.8) is 0 Å². The molecule has 0 N–H and O–H groups in total. The molecule has 0 atom stereocenters. The van der Waals surface area contributed by atoms with E-state index in [2.05, 4.69) is 26.1 Å². The first-order valence-electron chi connectivity index (χ1n) is 4.52. The molecular weight excluding hydrogens is 279 g/mol. The number of aromatic nitrogens is 2. The van der Waals surface area contributed by atoms with Crippen molar-refractivity contribution < 1.29 is 13.5 Å². The zero-order chi connectivity index (χ0) is 11.5. The first kappa shape index (κ1) is 11.1. The van der Waals surface area contributed by atoms with Gasteiger partial charge < -0.3 is 9.15 Å². The van der Waals surface area contributed by atoms with Gasteiger partial charge in [-0.25, -0.2) is 4.39 Å². The summed E-state index contributed by atoms with van der Waals surface area (Å²) in [6, 6.07) is 4.39. The van der Waals surface area contributed by atoms with Gasteiger partial charge in [-0.1, -0.05) is 0 Å². The van der Waals surface area contributed by atoms with E-state index in [1.165, 1.54) is 12.1 Å². The molecule has 0 aliphatic heterocycles. The maximum absolute atomic E-state index is 12.9. The van der Waals surface area contributed by atoms with Gasteiger partial charge in [0, 0.05) is 6.92 Å². The van der Waals surface area contributed by atoms with Gasteiger partial charge in [-0.05, 0) is 34.1 Å². The van der Waals surface area contributed by atoms with Crippen LogP contribution in [0.4, 0.5) is 4.39 Å². The number of aryl methyl sites for hydroxylation is 1. The number of ether oxygens (including phenoxy) is 1. The zero-order valence-electron chi connectivity index (χ0n) is 8.41. The average Bonchev–Trinajstić information content (AvgIpc) is 2.66. The first-order valence-corrected chi connectivity index (χ1v) is 5.31. The lowest BCUT2D eigenvalue weighted by Gasteiger charge is -2.03. The highest BCUT2D eigenvalue weighted by Crippen LogP contribution is 2.22. The molecule has 1 heterocycles. The van der Waals surface area contributed by atoms with Crippen LogP contribution in [0, 0.1) is 12.7 Å². The fourth-order valence-electron chi connectivity index (χ4n) is 1.11. The average molecular weight is 287 g/mol. The van der Waals surface area contributed by atoms with Gasteiger partial charge in [0.2, 0.25) is 5.89 Å². The van der Waals surface area contributed by atoms with E-state index in [9.17, 15) is 4.39 Å². The molecule has 84 valence electrons. The van der Waals surface area contributed by atoms with Crippen LogP contribution in [-0.4, -0.2) is 10.2 Å². The van der Waals surface area contributed by atoms with Crippen LogP contribution in [0.3, 0.4) is 0 Å². The Hall–Kier alpha value is -1.43. The van der Waals surface area contributed by atoms with Gasteiger partial charge in [-0.2, -0.15) is 0 Å². The molecule has 1 aromatic heterocycles. The molecule has 0 saturated carbocycles. The second-order valence-corrected chi connectivity index (χ2v) is 3.93. The fourth-order valence-corrected chi connectivity index (χ4v) is 1.47. The predicted molar refractivity (Wildman–Crippen MR) is 57.5 cm³/mol. The van der Waals surface area contributed by atoms with Gasteiger partial charge in [0.05, 0.1) is 4.47 Å². The third-order valence-electron chi connectivity index (χ3n) is 1.82. The molecule has 2 rings (SSSR count). The Morgan fingerprint density at radius 1 is 1.44 bits per heavy atom. The van der Waals surface area contributed by atoms with Crippen molar-refractivity contribution in [1.29, 1.82) is 0 Å². The molecule has 0 bridgehead atoms. The third-order valence-corrected chi connectivity index (χ3v) is 2.43. The minimum atomic E-state index is -0.332. The number of halogens is 2. The van der Waals surface area contributed by atoms with Crippen molar-refractivity contribution in [3.8, 4) is 5.75 Å². The molecule has 0 radical (unpaired) electrons. The summed E-state index contributed by atoms with van der Waals surface area (Å²) < 4.78 is 23.7. The number of hydrogen-bond donors (Lipinski definition) is 0. The van der Waals surface area contributed by atoms with Crippen molar-refractivity contribution in [2.24, 2.45) is 0 Å². The fraction of sp³-hybridized carbons (Fsp3) is 0.200. The van der Waals surface area contributed by atoms with E-state index in [-0.39, 0.29) is 12.4 Å². The Morgan fingerprint density at radius 3 is 2.88 bits per heavy atom. The van der Waals surface area contributed by atoms with Crippen LogP contribution in [0.5, 0.6) is 5.75 Å². The van der Waals surface area contributed by atoms with E-state index >= 15 is 0 Å². The lowest BCUT2D eigenvalue weighted by Crippen LogP contribution is -1.96. The maximum Gasteiger partial charge on any atom is 0.253 e. The molecule has 6 heteroatoms. The third kappa shape index (κ3) is 2.57. The Balaban J connectivity index is 2.02. The van der Waals surface area contributed by atoms with Crippen LogP contribution >= 0.6 is 15.9 Å². The Labute approximate surface area is 99.6 Å². The van der Waals surface area contributed by atoms with E-state index in [4.69, 9.17) is 9.15 Å². The van der Waals surface area contributed by atoms with Crippen molar-refractivity contribution in [2.75, 3.05) is 0 Å². The summed E-state index contributed by atoms with van der Waals surface area (Å²) in [4.78, 5) is 0. The topological polar surface area (TPSA) is 48.2 Å². The number of nitrogens with zero attached hydrogens (tertiary/aromatic N) is 2. The minimum Gasteiger partial charge on any atom is -0.484 e. The predicted octanol–water partition coefficient (Wildman–Crippen LogP) is 2.86. The van der Waals surface area contributed by atoms with Gasteiger partial charge in [0.25, 0.3) is 5.89 Å². The van der Waals surface area contributed by atoms with Gasteiger partial charge in [0.15, 0.2) is 6.61 Å². The van der Waals surface area contributed by atoms with Gasteiger partial charge in [-0.3, -0.25) is 0 Å². The molecule has 4 nitrogen and oxygen atoms in total. The van der Waals surface area contributed by atoms with Crippen LogP contribution in [0.1, 0.15) is 11.8 Å². The summed E-state index contributed by atoms with van der Waals surface area (Å²) in [5.41, 5.74) is 0. The van der Waals surface area contributed by atoms with Crippen molar-refractivity contribution in [3.05, 3.63) is 40.3 Å². The summed E-state index contributed by atoms with van der Waals surface area (Å²) in [6.45, 7) is 1.86. The van der Waals surface area contributed by atoms with Crippen molar-refractivity contribution >= 4 is 15.9 Å². The standard InChI is InChI=1S/C10H8BrFN2O2/c1-6-13-14-10(16-6)5-15-7-2-3-9(12)8(11)4-7/h2-4H,5H2,1H3. The summed E-state index contributed by atoms with van der Waals surface area (Å²) in [5.74, 6) is 1.07. The molecule has 0 amide bonds. The molecule has 0 aliphatic rings. The van der Waals surface area contributed by atoms with Crippen LogP contribution in [0.25, 0.3) is 0 Å². The summed E-state index contributed by atoms with van der Waals surface area (Å²) in [5, 5.41) is 7.44. The lowest BCUT2D eigenvalue weighted by atomic mass is 10.3. The highest BCUT2D eigenvalue weighted by Gasteiger charge is 2.05. The maximum atomic E-state index is 12.9. The Morgan fingerprint density at radius 2 is 2.25 bits per heavy atom. The monoisotopic (exact) mass is 286 g/mol. The molecule has 0 saturated heterocycles. The van der Waals surface area contributed by atoms with Crippen LogP contribution < -0.4 is 4.74 Å². The van der Waals surface area contributed by atoms with E-state index in [0.717, 1.165) is 0 Å². The molecule has 2 aromatic rings. The highest BCUT2D eigenvalue weighted by atomic mass is 79.9. The zero-order valence-corrected chi connectivity index (χ0v) is 9.99. The first-order chi connectivity index (χ1) is 7.65. The van der Waals surface area contributed by atoms with Crippen LogP contribution in [-0.2, 0) is 6.61 Å². The van der Waals surface area contributed by atoms with Gasteiger partial charge >= 0.3 is 0 Å². The van der Waals surface area contributed by atoms with E-state index in [1.54, 1.807) is 13.0 Å². The summed E-state index contributed by atoms with van der Waals surface area (Å²) in [6.07, 6.45) is 0. The summed E-state index contributed by atoms with van der Waals surface area (Å²) >= 11 is 3.07. The molecule has 0 fully saturated rings. The molecule has 0 spiro atoms. The van der Waals surface area contributed by atoms with Gasteiger partial charge in [0.1, 0.15) is 11.6 Å². The van der Waals surface area contributed by atoms with E-state index in [0.29, 0.717) is 22.0 Å². The molecule has 16 heavy (non-hydrogen) atoms. The van der Waals surface area contributed by atoms with Crippen LogP contribution in [0.15, 0.2) is 27.1 Å². The van der Waals surface area contributed by atoms with Gasteiger partial charge in [-0.15, -0.1) is 10.2 Å². The lowest BCUT2D eigenvalue weighted by molar-refractivity contribution is 0.260.